The highest BCUT2D eigenvalue weighted by Gasteiger charge is 2.34. The number of rotatable bonds is 2. The molecule has 1 fully saturated rings. The van der Waals surface area contributed by atoms with Crippen LogP contribution in [0.2, 0.25) is 0 Å². The van der Waals surface area contributed by atoms with Crippen LogP contribution < -0.4 is 0 Å². The number of hydrogen-bond donors (Lipinski definition) is 0. The van der Waals surface area contributed by atoms with Crippen LogP contribution >= 0.6 is 15.9 Å². The van der Waals surface area contributed by atoms with Crippen molar-refractivity contribution in [3.8, 4) is 0 Å². The molecule has 0 aromatic heterocycles. The number of morpholine rings is 1. The Bertz CT molecular complexity index is 515. The molecule has 1 aromatic rings. The number of ether oxygens (including phenoxy) is 1. The zero-order valence-corrected chi connectivity index (χ0v) is 12.7. The van der Waals surface area contributed by atoms with Crippen molar-refractivity contribution >= 4 is 26.0 Å². The topological polar surface area (TPSA) is 46.6 Å². The first-order chi connectivity index (χ1) is 8.39. The number of sulfonamides is 1. The molecule has 1 aliphatic heterocycles. The van der Waals surface area contributed by atoms with Crippen molar-refractivity contribution in [2.75, 3.05) is 19.4 Å². The molecule has 0 bridgehead atoms. The molecule has 0 amide bonds. The Morgan fingerprint density at radius 1 is 1.33 bits per heavy atom. The van der Waals surface area contributed by atoms with Crippen LogP contribution in [0.1, 0.15) is 18.6 Å². The number of halogens is 1. The van der Waals surface area contributed by atoms with Gasteiger partial charge in [0, 0.05) is 11.0 Å². The van der Waals surface area contributed by atoms with Gasteiger partial charge in [0.15, 0.2) is 0 Å². The Labute approximate surface area is 116 Å². The molecular weight excluding hydrogens is 318 g/mol. The van der Waals surface area contributed by atoms with Gasteiger partial charge in [-0.15, -0.1) is 0 Å². The fourth-order valence-corrected chi connectivity index (χ4v) is 3.64. The molecule has 1 heterocycles. The third-order valence-electron chi connectivity index (χ3n) is 3.13. The first-order valence-corrected chi connectivity index (χ1v) is 8.37. The number of nitrogens with zero attached hydrogens (tertiary/aromatic N) is 1. The second kappa shape index (κ2) is 5.28. The number of benzene rings is 1. The van der Waals surface area contributed by atoms with E-state index in [0.717, 1.165) is 10.0 Å². The number of hydrogen-bond acceptors (Lipinski definition) is 3. The van der Waals surface area contributed by atoms with Gasteiger partial charge in [-0.3, -0.25) is 0 Å². The van der Waals surface area contributed by atoms with Crippen LogP contribution in [0.4, 0.5) is 0 Å². The largest absolute Gasteiger partial charge is 0.370 e. The third-order valence-corrected chi connectivity index (χ3v) is 5.02. The molecule has 1 aliphatic rings. The maximum absolute atomic E-state index is 11.7. The summed E-state index contributed by atoms with van der Waals surface area (Å²) in [4.78, 5) is 0. The summed E-state index contributed by atoms with van der Waals surface area (Å²) in [7, 11) is -3.18. The molecule has 0 radical (unpaired) electrons. The zero-order valence-electron chi connectivity index (χ0n) is 10.3. The van der Waals surface area contributed by atoms with Crippen molar-refractivity contribution in [2.45, 2.75) is 19.1 Å². The van der Waals surface area contributed by atoms with Crippen molar-refractivity contribution in [1.82, 2.24) is 4.31 Å². The summed E-state index contributed by atoms with van der Waals surface area (Å²) in [5.74, 6) is 0. The van der Waals surface area contributed by atoms with Gasteiger partial charge >= 0.3 is 0 Å². The van der Waals surface area contributed by atoms with E-state index in [9.17, 15) is 8.42 Å². The van der Waals surface area contributed by atoms with Crippen LogP contribution in [0, 0.1) is 0 Å². The van der Waals surface area contributed by atoms with Gasteiger partial charge < -0.3 is 4.74 Å². The summed E-state index contributed by atoms with van der Waals surface area (Å²) in [6, 6.07) is 7.60. The summed E-state index contributed by atoms with van der Waals surface area (Å²) < 4.78 is 31.6. The van der Waals surface area contributed by atoms with Gasteiger partial charge in [0.25, 0.3) is 0 Å². The highest BCUT2D eigenvalue weighted by atomic mass is 79.9. The van der Waals surface area contributed by atoms with Crippen molar-refractivity contribution < 1.29 is 13.2 Å². The monoisotopic (exact) mass is 333 g/mol. The molecule has 2 atom stereocenters. The fourth-order valence-electron chi connectivity index (χ4n) is 2.26. The predicted octanol–water partition coefficient (Wildman–Crippen LogP) is 2.17. The minimum Gasteiger partial charge on any atom is -0.370 e. The van der Waals surface area contributed by atoms with Crippen molar-refractivity contribution in [2.24, 2.45) is 0 Å². The van der Waals surface area contributed by atoms with Crippen LogP contribution in [-0.4, -0.2) is 38.2 Å². The van der Waals surface area contributed by atoms with E-state index in [0.29, 0.717) is 13.2 Å². The second-order valence-corrected chi connectivity index (χ2v) is 7.31. The van der Waals surface area contributed by atoms with Gasteiger partial charge in [0.05, 0.1) is 25.0 Å². The highest BCUT2D eigenvalue weighted by molar-refractivity contribution is 9.10. The Morgan fingerprint density at radius 2 is 1.94 bits per heavy atom. The van der Waals surface area contributed by atoms with Crippen LogP contribution in [0.25, 0.3) is 0 Å². The van der Waals surface area contributed by atoms with Crippen molar-refractivity contribution in [3.05, 3.63) is 34.3 Å². The van der Waals surface area contributed by atoms with E-state index in [4.69, 9.17) is 4.74 Å². The molecule has 100 valence electrons. The SMILES string of the molecule is C[C@H]1[C@H](c2ccc(Br)cc2)OCCN1S(C)(=O)=O. The average molecular weight is 334 g/mol. The summed E-state index contributed by atoms with van der Waals surface area (Å²) >= 11 is 3.38. The molecule has 18 heavy (non-hydrogen) atoms. The maximum atomic E-state index is 11.7. The van der Waals surface area contributed by atoms with Gasteiger partial charge in [0.1, 0.15) is 0 Å². The van der Waals surface area contributed by atoms with Gasteiger partial charge in [0.2, 0.25) is 10.0 Å². The van der Waals surface area contributed by atoms with E-state index in [1.807, 2.05) is 31.2 Å². The second-order valence-electron chi connectivity index (χ2n) is 4.46. The Hall–Kier alpha value is -0.430. The van der Waals surface area contributed by atoms with Crippen molar-refractivity contribution in [1.29, 1.82) is 0 Å². The molecule has 0 saturated carbocycles. The molecule has 0 aliphatic carbocycles. The summed E-state index contributed by atoms with van der Waals surface area (Å²) in [6.07, 6.45) is 1.04. The summed E-state index contributed by atoms with van der Waals surface area (Å²) in [5, 5.41) is 0. The molecule has 1 aromatic carbocycles. The molecule has 4 nitrogen and oxygen atoms in total. The zero-order chi connectivity index (χ0) is 13.3. The molecule has 0 spiro atoms. The predicted molar refractivity (Wildman–Crippen MR) is 73.8 cm³/mol. The van der Waals surface area contributed by atoms with Gasteiger partial charge in [-0.2, -0.15) is 4.31 Å². The highest BCUT2D eigenvalue weighted by Crippen LogP contribution is 2.30. The van der Waals surface area contributed by atoms with E-state index in [-0.39, 0.29) is 12.1 Å². The lowest BCUT2D eigenvalue weighted by atomic mass is 10.0. The van der Waals surface area contributed by atoms with E-state index in [2.05, 4.69) is 15.9 Å². The Morgan fingerprint density at radius 3 is 2.50 bits per heavy atom. The molecule has 0 N–H and O–H groups in total. The molecule has 0 unspecified atom stereocenters. The lowest BCUT2D eigenvalue weighted by Crippen LogP contribution is -2.48. The minimum atomic E-state index is -3.18. The standard InChI is InChI=1S/C12H16BrNO3S/c1-9-12(10-3-5-11(13)6-4-10)17-8-7-14(9)18(2,15)16/h3-6,9,12H,7-8H2,1-2H3/t9-,12+/m0/s1. The smallest absolute Gasteiger partial charge is 0.211 e. The van der Waals surface area contributed by atoms with E-state index in [1.54, 1.807) is 0 Å². The Balaban J connectivity index is 2.26. The van der Waals surface area contributed by atoms with Crippen LogP contribution in [0.5, 0.6) is 0 Å². The van der Waals surface area contributed by atoms with Crippen LogP contribution in [0.15, 0.2) is 28.7 Å². The lowest BCUT2D eigenvalue weighted by Gasteiger charge is -2.37. The third kappa shape index (κ3) is 2.93. The summed E-state index contributed by atoms with van der Waals surface area (Å²) in [6.45, 7) is 2.73. The molecule has 2 rings (SSSR count). The minimum absolute atomic E-state index is 0.185. The average Bonchev–Trinajstić information content (AvgIpc) is 2.29. The van der Waals surface area contributed by atoms with Gasteiger partial charge in [-0.05, 0) is 24.6 Å². The summed E-state index contributed by atoms with van der Waals surface area (Å²) in [5.41, 5.74) is 0.999. The fraction of sp³-hybridized carbons (Fsp3) is 0.500. The maximum Gasteiger partial charge on any atom is 0.211 e. The van der Waals surface area contributed by atoms with Crippen LogP contribution in [0.3, 0.4) is 0 Å². The van der Waals surface area contributed by atoms with E-state index >= 15 is 0 Å². The Kier molecular flexibility index (Phi) is 4.11. The van der Waals surface area contributed by atoms with Crippen LogP contribution in [-0.2, 0) is 14.8 Å². The van der Waals surface area contributed by atoms with E-state index < -0.39 is 10.0 Å². The van der Waals surface area contributed by atoms with E-state index in [1.165, 1.54) is 10.6 Å². The lowest BCUT2D eigenvalue weighted by molar-refractivity contribution is -0.0359. The van der Waals surface area contributed by atoms with Gasteiger partial charge in [-0.25, -0.2) is 8.42 Å². The van der Waals surface area contributed by atoms with Gasteiger partial charge in [-0.1, -0.05) is 28.1 Å². The molecule has 6 heteroatoms. The van der Waals surface area contributed by atoms with Crippen molar-refractivity contribution in [3.63, 3.8) is 0 Å². The molecule has 1 saturated heterocycles. The normalized spacial score (nSPS) is 26.2. The molecular formula is C12H16BrNO3S. The first kappa shape index (κ1) is 14.0. The first-order valence-electron chi connectivity index (χ1n) is 5.73. The quantitative estimate of drug-likeness (QED) is 0.833.